The van der Waals surface area contributed by atoms with Crippen LogP contribution in [0.5, 0.6) is 5.75 Å². The zero-order chi connectivity index (χ0) is 23.3. The average Bonchev–Trinajstić information content (AvgIpc) is 2.96. The van der Waals surface area contributed by atoms with Gasteiger partial charge in [0.05, 0.1) is 12.7 Å². The number of ether oxygens (including phenoxy) is 1. The van der Waals surface area contributed by atoms with Gasteiger partial charge >= 0.3 is 0 Å². The van der Waals surface area contributed by atoms with Crippen LogP contribution in [0.15, 0.2) is 54.1 Å². The van der Waals surface area contributed by atoms with E-state index in [9.17, 15) is 5.11 Å². The van der Waals surface area contributed by atoms with Crippen LogP contribution in [0.2, 0.25) is 5.02 Å². The summed E-state index contributed by atoms with van der Waals surface area (Å²) in [7, 11) is 3.89. The molecule has 1 aliphatic carbocycles. The van der Waals surface area contributed by atoms with E-state index in [1.807, 2.05) is 36.4 Å². The molecule has 0 amide bonds. The second kappa shape index (κ2) is 11.1. The highest BCUT2D eigenvalue weighted by Crippen LogP contribution is 2.41. The predicted molar refractivity (Wildman–Crippen MR) is 137 cm³/mol. The lowest BCUT2D eigenvalue weighted by atomic mass is 9.74. The van der Waals surface area contributed by atoms with Gasteiger partial charge in [-0.05, 0) is 67.3 Å². The van der Waals surface area contributed by atoms with Crippen LogP contribution in [-0.2, 0) is 6.42 Å². The van der Waals surface area contributed by atoms with Crippen LogP contribution in [0.4, 0.5) is 0 Å². The summed E-state index contributed by atoms with van der Waals surface area (Å²) in [4.78, 5) is 4.93. The topological polar surface area (TPSA) is 35.9 Å². The monoisotopic (exact) mass is 468 g/mol. The Bertz CT molecular complexity index is 937. The molecule has 2 atom stereocenters. The molecule has 4 rings (SSSR count). The zero-order valence-corrected chi connectivity index (χ0v) is 20.7. The molecule has 0 radical (unpaired) electrons. The molecule has 0 aromatic heterocycles. The van der Waals surface area contributed by atoms with Gasteiger partial charge in [0.15, 0.2) is 0 Å². The summed E-state index contributed by atoms with van der Waals surface area (Å²) in [5, 5.41) is 13.2. The number of hydrogen-bond acceptors (Lipinski definition) is 4. The third-order valence-electron chi connectivity index (χ3n) is 7.37. The Labute approximate surface area is 203 Å². The van der Waals surface area contributed by atoms with E-state index in [1.54, 1.807) is 7.11 Å². The van der Waals surface area contributed by atoms with Crippen molar-refractivity contribution < 1.29 is 9.84 Å². The third kappa shape index (κ3) is 6.19. The Morgan fingerprint density at radius 3 is 2.58 bits per heavy atom. The van der Waals surface area contributed by atoms with E-state index < -0.39 is 5.60 Å². The van der Waals surface area contributed by atoms with E-state index in [1.165, 1.54) is 0 Å². The Balaban J connectivity index is 1.68. The molecule has 0 spiro atoms. The van der Waals surface area contributed by atoms with E-state index in [0.29, 0.717) is 6.42 Å². The number of methoxy groups -OCH3 is 1. The number of likely N-dealkylation sites (N-methyl/N-ethyl adjacent to an activating group) is 1. The summed E-state index contributed by atoms with van der Waals surface area (Å²) in [5.74, 6) is 1.02. The first-order chi connectivity index (χ1) is 16.0. The van der Waals surface area contributed by atoms with E-state index in [-0.39, 0.29) is 5.92 Å². The molecule has 2 aromatic carbocycles. The maximum absolute atomic E-state index is 12.5. The summed E-state index contributed by atoms with van der Waals surface area (Å²) >= 11 is 6.12. The summed E-state index contributed by atoms with van der Waals surface area (Å²) in [6.45, 7) is 5.26. The van der Waals surface area contributed by atoms with E-state index in [4.69, 9.17) is 16.3 Å². The molecule has 2 fully saturated rings. The minimum atomic E-state index is -0.897. The van der Waals surface area contributed by atoms with Crippen molar-refractivity contribution in [1.82, 2.24) is 9.80 Å². The molecule has 178 valence electrons. The highest BCUT2D eigenvalue weighted by atomic mass is 35.5. The van der Waals surface area contributed by atoms with Crippen LogP contribution in [-0.4, -0.2) is 67.4 Å². The van der Waals surface area contributed by atoms with Gasteiger partial charge in [0.2, 0.25) is 0 Å². The van der Waals surface area contributed by atoms with Gasteiger partial charge in [0, 0.05) is 50.1 Å². The summed E-state index contributed by atoms with van der Waals surface area (Å²) < 4.78 is 5.47. The second-order valence-electron chi connectivity index (χ2n) is 9.72. The van der Waals surface area contributed by atoms with Crippen molar-refractivity contribution in [2.24, 2.45) is 5.92 Å². The first-order valence-electron chi connectivity index (χ1n) is 12.2. The molecule has 2 aliphatic rings. The summed E-state index contributed by atoms with van der Waals surface area (Å²) in [6, 6.07) is 16.1. The average molecular weight is 469 g/mol. The normalized spacial score (nSPS) is 26.3. The second-order valence-corrected chi connectivity index (χ2v) is 10.2. The van der Waals surface area contributed by atoms with Gasteiger partial charge < -0.3 is 19.6 Å². The van der Waals surface area contributed by atoms with Gasteiger partial charge in [-0.1, -0.05) is 48.4 Å². The van der Waals surface area contributed by atoms with E-state index in [2.05, 4.69) is 35.1 Å². The molecule has 0 bridgehead atoms. The maximum atomic E-state index is 12.5. The number of rotatable bonds is 6. The highest BCUT2D eigenvalue weighted by molar-refractivity contribution is 6.30. The van der Waals surface area contributed by atoms with Crippen molar-refractivity contribution in [2.45, 2.75) is 37.7 Å². The SMILES string of the molecule is COc1cccc(CC2(O)/C(=C\c3ccc(Cl)cc3)CCCCC2CN2CCN(C)CC2)c1. The van der Waals surface area contributed by atoms with Crippen molar-refractivity contribution in [3.63, 3.8) is 0 Å². The van der Waals surface area contributed by atoms with Gasteiger partial charge in [-0.2, -0.15) is 0 Å². The number of piperazine rings is 1. The zero-order valence-electron chi connectivity index (χ0n) is 20.0. The van der Waals surface area contributed by atoms with Crippen LogP contribution < -0.4 is 4.74 Å². The number of aliphatic hydroxyl groups is 1. The molecular formula is C28H37ClN2O2. The van der Waals surface area contributed by atoms with Gasteiger partial charge in [-0.15, -0.1) is 0 Å². The largest absolute Gasteiger partial charge is 0.497 e. The lowest BCUT2D eigenvalue weighted by molar-refractivity contribution is -0.00645. The van der Waals surface area contributed by atoms with Crippen LogP contribution in [0.25, 0.3) is 6.08 Å². The number of benzene rings is 2. The molecular weight excluding hydrogens is 432 g/mol. The third-order valence-corrected chi connectivity index (χ3v) is 7.63. The highest BCUT2D eigenvalue weighted by Gasteiger charge is 2.42. The van der Waals surface area contributed by atoms with Crippen LogP contribution in [0.1, 0.15) is 36.8 Å². The van der Waals surface area contributed by atoms with Crippen molar-refractivity contribution in [3.05, 3.63) is 70.3 Å². The molecule has 4 nitrogen and oxygen atoms in total. The number of nitrogens with zero attached hydrogens (tertiary/aromatic N) is 2. The Morgan fingerprint density at radius 2 is 1.85 bits per heavy atom. The van der Waals surface area contributed by atoms with Gasteiger partial charge in [0.25, 0.3) is 0 Å². The fourth-order valence-corrected chi connectivity index (χ4v) is 5.44. The fourth-order valence-electron chi connectivity index (χ4n) is 5.32. The van der Waals surface area contributed by atoms with Crippen molar-refractivity contribution in [3.8, 4) is 5.75 Å². The van der Waals surface area contributed by atoms with Crippen LogP contribution >= 0.6 is 11.6 Å². The van der Waals surface area contributed by atoms with E-state index in [0.717, 1.165) is 85.9 Å². The Hall–Kier alpha value is -1.85. The Morgan fingerprint density at radius 1 is 1.09 bits per heavy atom. The minimum absolute atomic E-state index is 0.188. The minimum Gasteiger partial charge on any atom is -0.497 e. The number of hydrogen-bond donors (Lipinski definition) is 1. The first kappa shape index (κ1) is 24.3. The van der Waals surface area contributed by atoms with E-state index >= 15 is 0 Å². The molecule has 1 N–H and O–H groups in total. The van der Waals surface area contributed by atoms with Gasteiger partial charge in [-0.25, -0.2) is 0 Å². The molecule has 1 saturated heterocycles. The molecule has 1 heterocycles. The molecule has 5 heteroatoms. The molecule has 1 saturated carbocycles. The van der Waals surface area contributed by atoms with Crippen LogP contribution in [0, 0.1) is 5.92 Å². The lowest BCUT2D eigenvalue weighted by Gasteiger charge is -2.42. The molecule has 2 aromatic rings. The fraction of sp³-hybridized carbons (Fsp3) is 0.500. The van der Waals surface area contributed by atoms with Crippen LogP contribution in [0.3, 0.4) is 0 Å². The van der Waals surface area contributed by atoms with Crippen molar-refractivity contribution >= 4 is 17.7 Å². The predicted octanol–water partition coefficient (Wildman–Crippen LogP) is 5.14. The molecule has 1 aliphatic heterocycles. The Kier molecular flexibility index (Phi) is 8.13. The lowest BCUT2D eigenvalue weighted by Crippen LogP contribution is -2.51. The maximum Gasteiger partial charge on any atom is 0.119 e. The molecule has 33 heavy (non-hydrogen) atoms. The summed E-state index contributed by atoms with van der Waals surface area (Å²) in [6.07, 6.45) is 7.03. The first-order valence-corrected chi connectivity index (χ1v) is 12.6. The van der Waals surface area contributed by atoms with Crippen molar-refractivity contribution in [2.75, 3.05) is 46.9 Å². The molecule has 2 unspecified atom stereocenters. The smallest absolute Gasteiger partial charge is 0.119 e. The standard InChI is InChI=1S/C28H37ClN2O2/c1-30-14-16-31(17-15-30)21-25-8-4-3-7-24(18-22-10-12-26(29)13-11-22)28(25,32)20-23-6-5-9-27(19-23)33-2/h5-6,9-13,18-19,25,32H,3-4,7-8,14-17,20-21H2,1-2H3/b24-18-. The van der Waals surface area contributed by atoms with Crippen molar-refractivity contribution in [1.29, 1.82) is 0 Å². The quantitative estimate of drug-likeness (QED) is 0.595. The summed E-state index contributed by atoms with van der Waals surface area (Å²) in [5.41, 5.74) is 2.46. The van der Waals surface area contributed by atoms with Gasteiger partial charge in [-0.3, -0.25) is 0 Å². The number of halogens is 1. The van der Waals surface area contributed by atoms with Gasteiger partial charge in [0.1, 0.15) is 5.75 Å².